The Bertz CT molecular complexity index is 953. The van der Waals surface area contributed by atoms with Crippen molar-refractivity contribution in [3.63, 3.8) is 0 Å². The zero-order valence-corrected chi connectivity index (χ0v) is 18.8. The first-order chi connectivity index (χ1) is 16.0. The Hall–Kier alpha value is -3.16. The van der Waals surface area contributed by atoms with Gasteiger partial charge < -0.3 is 19.6 Å². The Morgan fingerprint density at radius 1 is 0.667 bits per heavy atom. The first-order valence-corrected chi connectivity index (χ1v) is 11.6. The molecule has 0 saturated carbocycles. The van der Waals surface area contributed by atoms with Crippen molar-refractivity contribution in [2.45, 2.75) is 19.3 Å². The van der Waals surface area contributed by atoms with Crippen LogP contribution in [0.5, 0.6) is 0 Å². The molecule has 2 fully saturated rings. The van der Waals surface area contributed by atoms with Crippen LogP contribution >= 0.6 is 0 Å². The summed E-state index contributed by atoms with van der Waals surface area (Å²) in [6, 6.07) is 13.1. The van der Waals surface area contributed by atoms with Gasteiger partial charge in [0.05, 0.1) is 5.69 Å². The van der Waals surface area contributed by atoms with E-state index in [-0.39, 0.29) is 23.4 Å². The molecule has 0 spiro atoms. The van der Waals surface area contributed by atoms with Crippen LogP contribution in [0.4, 0.5) is 20.2 Å². The van der Waals surface area contributed by atoms with Crippen LogP contribution in [-0.2, 0) is 9.59 Å². The number of piperazine rings is 2. The van der Waals surface area contributed by atoms with Gasteiger partial charge in [-0.15, -0.1) is 0 Å². The summed E-state index contributed by atoms with van der Waals surface area (Å²) in [4.78, 5) is 32.9. The maximum absolute atomic E-state index is 14.0. The van der Waals surface area contributed by atoms with Crippen LogP contribution in [-0.4, -0.2) is 74.0 Å². The van der Waals surface area contributed by atoms with Gasteiger partial charge in [-0.05, 0) is 42.8 Å². The lowest BCUT2D eigenvalue weighted by atomic mass is 10.1. The standard InChI is InChI=1S/C25H30F2N4O2/c26-20-8-10-21(11-9-20)28-12-16-30(17-13-28)24(32)6-3-7-25(33)31-18-14-29(15-19-31)23-5-2-1-4-22(23)27/h1-2,4-5,8-11H,3,6-7,12-19H2. The molecule has 8 heteroatoms. The monoisotopic (exact) mass is 456 g/mol. The van der Waals surface area contributed by atoms with E-state index in [1.54, 1.807) is 24.3 Å². The van der Waals surface area contributed by atoms with Crippen molar-refractivity contribution in [2.75, 3.05) is 62.2 Å². The molecule has 2 aliphatic rings. The summed E-state index contributed by atoms with van der Waals surface area (Å²) in [5, 5.41) is 0. The van der Waals surface area contributed by atoms with Crippen molar-refractivity contribution >= 4 is 23.2 Å². The lowest BCUT2D eigenvalue weighted by Crippen LogP contribution is -2.49. The van der Waals surface area contributed by atoms with Gasteiger partial charge in [-0.25, -0.2) is 8.78 Å². The molecule has 6 nitrogen and oxygen atoms in total. The molecule has 2 amide bonds. The highest BCUT2D eigenvalue weighted by Gasteiger charge is 2.24. The first-order valence-electron chi connectivity index (χ1n) is 11.6. The Balaban J connectivity index is 1.15. The number of nitrogens with zero attached hydrogens (tertiary/aromatic N) is 4. The Kier molecular flexibility index (Phi) is 7.42. The van der Waals surface area contributed by atoms with Gasteiger partial charge in [-0.1, -0.05) is 12.1 Å². The molecule has 2 saturated heterocycles. The lowest BCUT2D eigenvalue weighted by molar-refractivity contribution is -0.133. The van der Waals surface area contributed by atoms with E-state index >= 15 is 0 Å². The summed E-state index contributed by atoms with van der Waals surface area (Å²) in [5.41, 5.74) is 1.54. The number of carbonyl (C=O) groups is 2. The van der Waals surface area contributed by atoms with E-state index in [0.717, 1.165) is 5.69 Å². The smallest absolute Gasteiger partial charge is 0.222 e. The topological polar surface area (TPSA) is 47.1 Å². The van der Waals surface area contributed by atoms with E-state index in [2.05, 4.69) is 4.90 Å². The quantitative estimate of drug-likeness (QED) is 0.670. The minimum atomic E-state index is -0.255. The van der Waals surface area contributed by atoms with Crippen molar-refractivity contribution in [1.82, 2.24) is 9.80 Å². The molecule has 0 unspecified atom stereocenters. The van der Waals surface area contributed by atoms with Gasteiger partial charge >= 0.3 is 0 Å². The van der Waals surface area contributed by atoms with E-state index in [1.807, 2.05) is 20.8 Å². The van der Waals surface area contributed by atoms with Crippen LogP contribution in [0.15, 0.2) is 48.5 Å². The number of anilines is 2. The molecular weight excluding hydrogens is 426 g/mol. The van der Waals surface area contributed by atoms with Crippen molar-refractivity contribution in [1.29, 1.82) is 0 Å². The van der Waals surface area contributed by atoms with Crippen molar-refractivity contribution in [2.24, 2.45) is 0 Å². The summed E-state index contributed by atoms with van der Waals surface area (Å²) in [6.45, 7) is 5.00. The molecule has 0 bridgehead atoms. The van der Waals surface area contributed by atoms with Gasteiger partial charge in [0.1, 0.15) is 11.6 Å². The van der Waals surface area contributed by atoms with Gasteiger partial charge in [0, 0.05) is 70.9 Å². The van der Waals surface area contributed by atoms with Crippen LogP contribution in [0.2, 0.25) is 0 Å². The fourth-order valence-corrected chi connectivity index (χ4v) is 4.48. The number of hydrogen-bond acceptors (Lipinski definition) is 4. The number of benzene rings is 2. The average molecular weight is 457 g/mol. The molecular formula is C25H30F2N4O2. The van der Waals surface area contributed by atoms with E-state index in [1.165, 1.54) is 18.2 Å². The number of halogens is 2. The fourth-order valence-electron chi connectivity index (χ4n) is 4.48. The molecule has 176 valence electrons. The highest BCUT2D eigenvalue weighted by atomic mass is 19.1. The van der Waals surface area contributed by atoms with Crippen molar-refractivity contribution < 1.29 is 18.4 Å². The Morgan fingerprint density at radius 3 is 1.73 bits per heavy atom. The third-order valence-electron chi connectivity index (χ3n) is 6.43. The third kappa shape index (κ3) is 5.80. The lowest BCUT2D eigenvalue weighted by Gasteiger charge is -2.36. The predicted octanol–water partition coefficient (Wildman–Crippen LogP) is 3.13. The second-order valence-electron chi connectivity index (χ2n) is 8.52. The van der Waals surface area contributed by atoms with E-state index < -0.39 is 0 Å². The molecule has 0 aliphatic carbocycles. The fraction of sp³-hybridized carbons (Fsp3) is 0.440. The minimum Gasteiger partial charge on any atom is -0.368 e. The highest BCUT2D eigenvalue weighted by molar-refractivity contribution is 5.79. The van der Waals surface area contributed by atoms with Gasteiger partial charge in [0.2, 0.25) is 11.8 Å². The largest absolute Gasteiger partial charge is 0.368 e. The molecule has 0 radical (unpaired) electrons. The second kappa shape index (κ2) is 10.6. The molecule has 2 aromatic rings. The Labute approximate surface area is 193 Å². The maximum atomic E-state index is 14.0. The first kappa shape index (κ1) is 23.0. The summed E-state index contributed by atoms with van der Waals surface area (Å²) in [7, 11) is 0. The van der Waals surface area contributed by atoms with Crippen molar-refractivity contribution in [3.05, 3.63) is 60.2 Å². The second-order valence-corrected chi connectivity index (χ2v) is 8.52. The van der Waals surface area contributed by atoms with E-state index in [0.29, 0.717) is 77.3 Å². The predicted molar refractivity (Wildman–Crippen MR) is 124 cm³/mol. The summed E-state index contributed by atoms with van der Waals surface area (Å²) in [5.74, 6) is -0.369. The molecule has 2 heterocycles. The summed E-state index contributed by atoms with van der Waals surface area (Å²) >= 11 is 0. The van der Waals surface area contributed by atoms with Gasteiger partial charge in [0.25, 0.3) is 0 Å². The molecule has 2 aromatic carbocycles. The number of rotatable bonds is 6. The number of amides is 2. The third-order valence-corrected chi connectivity index (χ3v) is 6.43. The zero-order valence-electron chi connectivity index (χ0n) is 18.8. The van der Waals surface area contributed by atoms with Gasteiger partial charge in [0.15, 0.2) is 0 Å². The molecule has 0 aromatic heterocycles. The summed E-state index contributed by atoms with van der Waals surface area (Å²) < 4.78 is 27.1. The number of hydrogen-bond donors (Lipinski definition) is 0. The Morgan fingerprint density at radius 2 is 1.18 bits per heavy atom. The normalized spacial score (nSPS) is 16.8. The van der Waals surface area contributed by atoms with Crippen LogP contribution in [0.25, 0.3) is 0 Å². The summed E-state index contributed by atoms with van der Waals surface area (Å²) in [6.07, 6.45) is 1.24. The van der Waals surface area contributed by atoms with Crippen LogP contribution in [0.3, 0.4) is 0 Å². The molecule has 0 atom stereocenters. The van der Waals surface area contributed by atoms with E-state index in [9.17, 15) is 18.4 Å². The average Bonchev–Trinajstić information content (AvgIpc) is 2.85. The maximum Gasteiger partial charge on any atom is 0.222 e. The molecule has 0 N–H and O–H groups in total. The van der Waals surface area contributed by atoms with Crippen molar-refractivity contribution in [3.8, 4) is 0 Å². The SMILES string of the molecule is O=C(CCCC(=O)N1CCN(c2ccccc2F)CC1)N1CCN(c2ccc(F)cc2)CC1. The molecule has 33 heavy (non-hydrogen) atoms. The van der Waals surface area contributed by atoms with Crippen LogP contribution < -0.4 is 9.80 Å². The molecule has 4 rings (SSSR count). The highest BCUT2D eigenvalue weighted by Crippen LogP contribution is 2.21. The van der Waals surface area contributed by atoms with Crippen LogP contribution in [0, 0.1) is 11.6 Å². The van der Waals surface area contributed by atoms with Gasteiger partial charge in [-0.3, -0.25) is 9.59 Å². The molecule has 2 aliphatic heterocycles. The number of para-hydroxylation sites is 1. The number of carbonyl (C=O) groups excluding carboxylic acids is 2. The van der Waals surface area contributed by atoms with Gasteiger partial charge in [-0.2, -0.15) is 0 Å². The van der Waals surface area contributed by atoms with E-state index in [4.69, 9.17) is 0 Å². The minimum absolute atomic E-state index is 0.0529. The zero-order chi connectivity index (χ0) is 23.2. The van der Waals surface area contributed by atoms with Crippen LogP contribution in [0.1, 0.15) is 19.3 Å².